The molecule has 2 aromatic rings. The van der Waals surface area contributed by atoms with Crippen LogP contribution in [0.1, 0.15) is 24.1 Å². The Kier molecular flexibility index (Phi) is 5.84. The van der Waals surface area contributed by atoms with E-state index in [1.807, 2.05) is 25.1 Å². The highest BCUT2D eigenvalue weighted by Crippen LogP contribution is 2.31. The molecule has 0 aliphatic rings. The summed E-state index contributed by atoms with van der Waals surface area (Å²) < 4.78 is 20.5. The summed E-state index contributed by atoms with van der Waals surface area (Å²) in [5.41, 5.74) is 1.55. The van der Waals surface area contributed by atoms with Gasteiger partial charge in [0.25, 0.3) is 0 Å². The van der Waals surface area contributed by atoms with Gasteiger partial charge in [-0.25, -0.2) is 4.39 Å². The van der Waals surface area contributed by atoms with E-state index in [1.54, 1.807) is 12.1 Å². The van der Waals surface area contributed by atoms with Gasteiger partial charge < -0.3 is 10.1 Å². The Balaban J connectivity index is 2.50. The molecule has 2 aromatic carbocycles. The minimum absolute atomic E-state index is 0.244. The second-order valence-corrected chi connectivity index (χ2v) is 6.14. The van der Waals surface area contributed by atoms with Crippen LogP contribution in [-0.2, 0) is 0 Å². The molecule has 0 heterocycles. The van der Waals surface area contributed by atoms with Crippen LogP contribution >= 0.6 is 34.2 Å². The molecule has 0 aliphatic heterocycles. The summed E-state index contributed by atoms with van der Waals surface area (Å²) in [4.78, 5) is 0. The van der Waals surface area contributed by atoms with Gasteiger partial charge in [0, 0.05) is 20.2 Å². The first kappa shape index (κ1) is 16.5. The minimum atomic E-state index is -0.295. The minimum Gasteiger partial charge on any atom is -0.497 e. The summed E-state index contributed by atoms with van der Waals surface area (Å²) >= 11 is 8.33. The van der Waals surface area contributed by atoms with E-state index in [1.165, 1.54) is 13.2 Å². The van der Waals surface area contributed by atoms with Crippen molar-refractivity contribution >= 4 is 34.2 Å². The summed E-state index contributed by atoms with van der Waals surface area (Å²) in [6, 6.07) is 10.3. The lowest BCUT2D eigenvalue weighted by Gasteiger charge is -2.21. The summed E-state index contributed by atoms with van der Waals surface area (Å²) in [5, 5.41) is 3.96. The van der Waals surface area contributed by atoms with Gasteiger partial charge in [-0.1, -0.05) is 24.6 Å². The molecule has 0 saturated carbocycles. The van der Waals surface area contributed by atoms with E-state index in [0.717, 1.165) is 15.7 Å². The molecule has 1 N–H and O–H groups in total. The van der Waals surface area contributed by atoms with E-state index in [0.29, 0.717) is 16.3 Å². The van der Waals surface area contributed by atoms with Crippen LogP contribution in [0.3, 0.4) is 0 Å². The summed E-state index contributed by atoms with van der Waals surface area (Å²) in [7, 11) is 1.52. The molecule has 1 atom stereocenters. The Bertz CT molecular complexity index is 636. The third-order valence-corrected chi connectivity index (χ3v) is 4.41. The third-order valence-electron chi connectivity index (χ3n) is 3.20. The molecule has 2 rings (SSSR count). The smallest absolute Gasteiger partial charge is 0.132 e. The maximum absolute atomic E-state index is 14.4. The van der Waals surface area contributed by atoms with Gasteiger partial charge >= 0.3 is 0 Å². The van der Waals surface area contributed by atoms with Gasteiger partial charge in [0.05, 0.1) is 13.2 Å². The molecule has 0 aliphatic carbocycles. The van der Waals surface area contributed by atoms with Gasteiger partial charge in [-0.15, -0.1) is 0 Å². The van der Waals surface area contributed by atoms with E-state index in [2.05, 4.69) is 27.9 Å². The molecule has 0 saturated heterocycles. The van der Waals surface area contributed by atoms with E-state index in [-0.39, 0.29) is 11.9 Å². The second kappa shape index (κ2) is 7.42. The van der Waals surface area contributed by atoms with Crippen molar-refractivity contribution in [1.82, 2.24) is 5.32 Å². The van der Waals surface area contributed by atoms with Gasteiger partial charge in [0.2, 0.25) is 0 Å². The maximum Gasteiger partial charge on any atom is 0.132 e. The quantitative estimate of drug-likeness (QED) is 0.704. The summed E-state index contributed by atoms with van der Waals surface area (Å²) in [6.07, 6.45) is 0. The SMILES string of the molecule is CCNC(c1ccc(OC)cc1F)c1cc(Cl)ccc1I. The van der Waals surface area contributed by atoms with Crippen LogP contribution in [0.25, 0.3) is 0 Å². The highest BCUT2D eigenvalue weighted by molar-refractivity contribution is 14.1. The van der Waals surface area contributed by atoms with Crippen LogP contribution in [0.4, 0.5) is 4.39 Å². The van der Waals surface area contributed by atoms with Crippen molar-refractivity contribution in [3.05, 3.63) is 61.9 Å². The molecule has 2 nitrogen and oxygen atoms in total. The van der Waals surface area contributed by atoms with Crippen LogP contribution in [-0.4, -0.2) is 13.7 Å². The maximum atomic E-state index is 14.4. The van der Waals surface area contributed by atoms with Gasteiger partial charge in [-0.2, -0.15) is 0 Å². The molecule has 0 bridgehead atoms. The number of halogens is 3. The molecule has 0 aromatic heterocycles. The van der Waals surface area contributed by atoms with Crippen molar-refractivity contribution in [1.29, 1.82) is 0 Å². The molecular formula is C16H16ClFINO. The van der Waals surface area contributed by atoms with E-state index < -0.39 is 0 Å². The Hall–Kier alpha value is -0.850. The molecule has 0 radical (unpaired) electrons. The Labute approximate surface area is 142 Å². The lowest BCUT2D eigenvalue weighted by atomic mass is 9.98. The van der Waals surface area contributed by atoms with Crippen molar-refractivity contribution in [2.75, 3.05) is 13.7 Å². The Morgan fingerprint density at radius 3 is 2.62 bits per heavy atom. The van der Waals surface area contributed by atoms with Crippen LogP contribution < -0.4 is 10.1 Å². The van der Waals surface area contributed by atoms with Gasteiger partial charge in [-0.05, 0) is 59.0 Å². The Morgan fingerprint density at radius 1 is 1.24 bits per heavy atom. The number of nitrogens with one attached hydrogen (secondary N) is 1. The number of methoxy groups -OCH3 is 1. The fourth-order valence-electron chi connectivity index (χ4n) is 2.20. The van der Waals surface area contributed by atoms with Crippen LogP contribution in [0, 0.1) is 9.39 Å². The normalized spacial score (nSPS) is 12.2. The number of benzene rings is 2. The number of hydrogen-bond donors (Lipinski definition) is 1. The molecule has 0 amide bonds. The number of rotatable bonds is 5. The van der Waals surface area contributed by atoms with Crippen molar-refractivity contribution in [2.24, 2.45) is 0 Å². The average molecular weight is 420 g/mol. The predicted octanol–water partition coefficient (Wildman–Crippen LogP) is 4.79. The predicted molar refractivity (Wildman–Crippen MR) is 92.6 cm³/mol. The van der Waals surface area contributed by atoms with Crippen LogP contribution in [0.15, 0.2) is 36.4 Å². The zero-order valence-electron chi connectivity index (χ0n) is 11.8. The lowest BCUT2D eigenvalue weighted by Crippen LogP contribution is -2.23. The van der Waals surface area contributed by atoms with Crippen LogP contribution in [0.2, 0.25) is 5.02 Å². The number of ether oxygens (including phenoxy) is 1. The summed E-state index contributed by atoms with van der Waals surface area (Å²) in [6.45, 7) is 2.71. The van der Waals surface area contributed by atoms with E-state index in [4.69, 9.17) is 16.3 Å². The topological polar surface area (TPSA) is 21.3 Å². The highest BCUT2D eigenvalue weighted by atomic mass is 127. The third kappa shape index (κ3) is 3.87. The molecule has 21 heavy (non-hydrogen) atoms. The molecule has 0 fully saturated rings. The standard InChI is InChI=1S/C16H16ClFINO/c1-3-20-16(13-8-10(17)4-7-15(13)19)12-6-5-11(21-2)9-14(12)18/h4-9,16,20H,3H2,1-2H3. The van der Waals surface area contributed by atoms with Gasteiger partial charge in [0.1, 0.15) is 11.6 Å². The average Bonchev–Trinajstić information content (AvgIpc) is 2.48. The van der Waals surface area contributed by atoms with Gasteiger partial charge in [-0.3, -0.25) is 0 Å². The van der Waals surface area contributed by atoms with Crippen molar-refractivity contribution in [2.45, 2.75) is 13.0 Å². The molecule has 0 spiro atoms. The number of hydrogen-bond acceptors (Lipinski definition) is 2. The van der Waals surface area contributed by atoms with Crippen molar-refractivity contribution < 1.29 is 9.13 Å². The molecule has 112 valence electrons. The highest BCUT2D eigenvalue weighted by Gasteiger charge is 2.20. The van der Waals surface area contributed by atoms with E-state index in [9.17, 15) is 4.39 Å². The molecule has 5 heteroatoms. The zero-order valence-corrected chi connectivity index (χ0v) is 14.7. The molecule has 1 unspecified atom stereocenters. The first-order valence-corrected chi connectivity index (χ1v) is 8.04. The van der Waals surface area contributed by atoms with Gasteiger partial charge in [0.15, 0.2) is 0 Å². The largest absolute Gasteiger partial charge is 0.497 e. The fraction of sp³-hybridized carbons (Fsp3) is 0.250. The molecular weight excluding hydrogens is 404 g/mol. The summed E-state index contributed by atoms with van der Waals surface area (Å²) in [5.74, 6) is 0.211. The van der Waals surface area contributed by atoms with Crippen LogP contribution in [0.5, 0.6) is 5.75 Å². The van der Waals surface area contributed by atoms with Crippen molar-refractivity contribution in [3.8, 4) is 5.75 Å². The second-order valence-electron chi connectivity index (χ2n) is 4.54. The first-order valence-electron chi connectivity index (χ1n) is 6.58. The lowest BCUT2D eigenvalue weighted by molar-refractivity contribution is 0.410. The van der Waals surface area contributed by atoms with E-state index >= 15 is 0 Å². The van der Waals surface area contributed by atoms with Crippen molar-refractivity contribution in [3.63, 3.8) is 0 Å². The fourth-order valence-corrected chi connectivity index (χ4v) is 3.02. The Morgan fingerprint density at radius 2 is 2.00 bits per heavy atom. The first-order chi connectivity index (χ1) is 10.1. The zero-order chi connectivity index (χ0) is 15.4. The monoisotopic (exact) mass is 419 g/mol.